The first kappa shape index (κ1) is 23.7. The van der Waals surface area contributed by atoms with E-state index in [-0.39, 0.29) is 17.9 Å². The Labute approximate surface area is 202 Å². The zero-order valence-corrected chi connectivity index (χ0v) is 20.2. The highest BCUT2D eigenvalue weighted by Crippen LogP contribution is 2.34. The molecule has 0 radical (unpaired) electrons. The fourth-order valence-electron chi connectivity index (χ4n) is 4.44. The van der Waals surface area contributed by atoms with Gasteiger partial charge in [-0.25, -0.2) is 0 Å². The van der Waals surface area contributed by atoms with Gasteiger partial charge in [-0.15, -0.1) is 0 Å². The van der Waals surface area contributed by atoms with Crippen molar-refractivity contribution in [1.29, 1.82) is 0 Å². The van der Waals surface area contributed by atoms with Crippen molar-refractivity contribution >= 4 is 23.2 Å². The Morgan fingerprint density at radius 1 is 0.971 bits per heavy atom. The van der Waals surface area contributed by atoms with Crippen LogP contribution in [0, 0.1) is 12.8 Å². The molecule has 176 valence electrons. The van der Waals surface area contributed by atoms with E-state index in [0.29, 0.717) is 29.3 Å². The van der Waals surface area contributed by atoms with E-state index >= 15 is 0 Å². The van der Waals surface area contributed by atoms with Crippen molar-refractivity contribution in [3.63, 3.8) is 0 Å². The van der Waals surface area contributed by atoms with Gasteiger partial charge in [-0.1, -0.05) is 50.2 Å². The van der Waals surface area contributed by atoms with Crippen LogP contribution < -0.4 is 15.5 Å². The second kappa shape index (κ2) is 10.7. The van der Waals surface area contributed by atoms with E-state index in [1.165, 1.54) is 5.56 Å². The fraction of sp³-hybridized carbons (Fsp3) is 0.310. The summed E-state index contributed by atoms with van der Waals surface area (Å²) in [5.41, 5.74) is 4.99. The second-order valence-corrected chi connectivity index (χ2v) is 9.36. The average molecular weight is 456 g/mol. The van der Waals surface area contributed by atoms with Gasteiger partial charge in [0.2, 0.25) is 0 Å². The van der Waals surface area contributed by atoms with Crippen molar-refractivity contribution in [2.24, 2.45) is 5.92 Å². The van der Waals surface area contributed by atoms with Gasteiger partial charge < -0.3 is 15.5 Å². The number of anilines is 2. The molecule has 2 amide bonds. The van der Waals surface area contributed by atoms with Gasteiger partial charge in [0.1, 0.15) is 0 Å². The third kappa shape index (κ3) is 5.37. The van der Waals surface area contributed by atoms with E-state index < -0.39 is 0 Å². The molecule has 0 aromatic heterocycles. The largest absolute Gasteiger partial charge is 0.322 e. The smallest absolute Gasteiger partial charge is 0.258 e. The van der Waals surface area contributed by atoms with Gasteiger partial charge in [0.25, 0.3) is 11.8 Å². The molecule has 0 bridgehead atoms. The number of carbonyl (C=O) groups excluding carboxylic acids is 2. The molecule has 3 aromatic carbocycles. The lowest BCUT2D eigenvalue weighted by atomic mass is 10.0. The monoisotopic (exact) mass is 455 g/mol. The van der Waals surface area contributed by atoms with E-state index in [9.17, 15) is 9.59 Å². The van der Waals surface area contributed by atoms with E-state index in [0.717, 1.165) is 30.6 Å². The molecule has 5 heteroatoms. The van der Waals surface area contributed by atoms with Crippen molar-refractivity contribution < 1.29 is 9.59 Å². The lowest BCUT2D eigenvalue weighted by Gasteiger charge is -2.25. The average Bonchev–Trinajstić information content (AvgIpc) is 3.02. The van der Waals surface area contributed by atoms with Crippen molar-refractivity contribution in [3.8, 4) is 0 Å². The highest BCUT2D eigenvalue weighted by Gasteiger charge is 2.27. The topological polar surface area (TPSA) is 61.4 Å². The van der Waals surface area contributed by atoms with Crippen LogP contribution in [0.15, 0.2) is 72.8 Å². The molecule has 0 saturated carbocycles. The summed E-state index contributed by atoms with van der Waals surface area (Å²) in [4.78, 5) is 28.0. The fourth-order valence-corrected chi connectivity index (χ4v) is 4.44. The molecule has 1 heterocycles. The highest BCUT2D eigenvalue weighted by atomic mass is 16.2. The zero-order chi connectivity index (χ0) is 24.1. The summed E-state index contributed by atoms with van der Waals surface area (Å²) in [7, 11) is 0. The molecule has 1 atom stereocenters. The normalized spacial score (nSPS) is 15.5. The first-order valence-corrected chi connectivity index (χ1v) is 12.0. The number of para-hydroxylation sites is 1. The molecule has 1 aliphatic heterocycles. The first-order valence-electron chi connectivity index (χ1n) is 12.0. The number of hydrogen-bond acceptors (Lipinski definition) is 3. The molecular formula is C29H33N3O2. The number of rotatable bonds is 6. The maximum Gasteiger partial charge on any atom is 0.258 e. The molecule has 0 spiro atoms. The Balaban J connectivity index is 1.51. The molecule has 1 unspecified atom stereocenters. The van der Waals surface area contributed by atoms with Crippen molar-refractivity contribution in [1.82, 2.24) is 5.32 Å². The van der Waals surface area contributed by atoms with Crippen LogP contribution in [0.2, 0.25) is 0 Å². The van der Waals surface area contributed by atoms with E-state index in [4.69, 9.17) is 0 Å². The number of hydrogen-bond donors (Lipinski definition) is 2. The van der Waals surface area contributed by atoms with Gasteiger partial charge in [0.05, 0.1) is 0 Å². The Bertz CT molecular complexity index is 1150. The van der Waals surface area contributed by atoms with Crippen LogP contribution in [-0.2, 0) is 0 Å². The molecule has 3 aromatic rings. The van der Waals surface area contributed by atoms with Crippen LogP contribution in [0.4, 0.5) is 11.4 Å². The summed E-state index contributed by atoms with van der Waals surface area (Å²) >= 11 is 0. The van der Waals surface area contributed by atoms with E-state index in [1.807, 2.05) is 54.3 Å². The number of aryl methyl sites for hydroxylation is 1. The molecule has 1 aliphatic rings. The third-order valence-electron chi connectivity index (χ3n) is 6.27. The number of fused-ring (bicyclic) bond motifs is 1. The highest BCUT2D eigenvalue weighted by molar-refractivity contribution is 6.08. The molecule has 5 nitrogen and oxygen atoms in total. The van der Waals surface area contributed by atoms with Crippen LogP contribution in [0.3, 0.4) is 0 Å². The number of amides is 2. The van der Waals surface area contributed by atoms with Crippen LogP contribution >= 0.6 is 0 Å². The SMILES string of the molecule is Cc1ccccc1C(=O)Nc1ccc(C(=O)N2CCCC(NCC(C)C)c3ccccc32)cc1. The summed E-state index contributed by atoms with van der Waals surface area (Å²) in [5.74, 6) is 0.394. The lowest BCUT2D eigenvalue weighted by molar-refractivity contribution is 0.0985. The Morgan fingerprint density at radius 3 is 2.41 bits per heavy atom. The van der Waals surface area contributed by atoms with Crippen LogP contribution in [-0.4, -0.2) is 24.9 Å². The molecule has 0 aliphatic carbocycles. The summed E-state index contributed by atoms with van der Waals surface area (Å²) in [6.07, 6.45) is 1.93. The first-order chi connectivity index (χ1) is 16.4. The summed E-state index contributed by atoms with van der Waals surface area (Å²) in [6.45, 7) is 7.96. The molecular weight excluding hydrogens is 422 g/mol. The predicted molar refractivity (Wildman–Crippen MR) is 139 cm³/mol. The molecule has 0 saturated heterocycles. The molecule has 0 fully saturated rings. The Kier molecular flexibility index (Phi) is 7.43. The standard InChI is InChI=1S/C29H33N3O2/c1-20(2)19-30-26-12-8-18-32(27-13-7-6-11-25(26)27)29(34)22-14-16-23(17-15-22)31-28(33)24-10-5-4-9-21(24)3/h4-7,9-11,13-17,20,26,30H,8,12,18-19H2,1-3H3,(H,31,33). The van der Waals surface area contributed by atoms with E-state index in [2.05, 4.69) is 30.5 Å². The van der Waals surface area contributed by atoms with E-state index in [1.54, 1.807) is 24.3 Å². The Morgan fingerprint density at radius 2 is 1.68 bits per heavy atom. The number of nitrogens with one attached hydrogen (secondary N) is 2. The van der Waals surface area contributed by atoms with Gasteiger partial charge in [0, 0.05) is 35.1 Å². The van der Waals surface area contributed by atoms with Gasteiger partial charge in [-0.2, -0.15) is 0 Å². The minimum Gasteiger partial charge on any atom is -0.322 e. The number of nitrogens with zero attached hydrogens (tertiary/aromatic N) is 1. The van der Waals surface area contributed by atoms with Gasteiger partial charge in [0.15, 0.2) is 0 Å². The van der Waals surface area contributed by atoms with Crippen molar-refractivity contribution in [3.05, 3.63) is 95.1 Å². The van der Waals surface area contributed by atoms with Crippen molar-refractivity contribution in [2.45, 2.75) is 39.7 Å². The minimum absolute atomic E-state index is 0.0197. The van der Waals surface area contributed by atoms with Crippen LogP contribution in [0.25, 0.3) is 0 Å². The molecule has 34 heavy (non-hydrogen) atoms. The zero-order valence-electron chi connectivity index (χ0n) is 20.2. The van der Waals surface area contributed by atoms with Gasteiger partial charge in [-0.05, 0) is 79.8 Å². The Hall–Kier alpha value is -3.44. The predicted octanol–water partition coefficient (Wildman–Crippen LogP) is 5.97. The lowest BCUT2D eigenvalue weighted by Crippen LogP contribution is -2.32. The third-order valence-corrected chi connectivity index (χ3v) is 6.27. The maximum absolute atomic E-state index is 13.5. The number of benzene rings is 3. The molecule has 4 rings (SSSR count). The van der Waals surface area contributed by atoms with Gasteiger partial charge >= 0.3 is 0 Å². The van der Waals surface area contributed by atoms with Crippen molar-refractivity contribution in [2.75, 3.05) is 23.3 Å². The second-order valence-electron chi connectivity index (χ2n) is 9.36. The summed E-state index contributed by atoms with van der Waals surface area (Å²) in [5, 5.41) is 6.61. The minimum atomic E-state index is -0.154. The summed E-state index contributed by atoms with van der Waals surface area (Å²) < 4.78 is 0. The maximum atomic E-state index is 13.5. The van der Waals surface area contributed by atoms with Crippen LogP contribution in [0.1, 0.15) is 64.6 Å². The van der Waals surface area contributed by atoms with Gasteiger partial charge in [-0.3, -0.25) is 9.59 Å². The quantitative estimate of drug-likeness (QED) is 0.481. The van der Waals surface area contributed by atoms with Crippen LogP contribution in [0.5, 0.6) is 0 Å². The molecule has 2 N–H and O–H groups in total. The number of carbonyl (C=O) groups is 2. The summed E-state index contributed by atoms with van der Waals surface area (Å²) in [6, 6.07) is 23.1.